The van der Waals surface area contributed by atoms with Crippen molar-refractivity contribution in [1.29, 1.82) is 0 Å². The van der Waals surface area contributed by atoms with Crippen LogP contribution < -0.4 is 0 Å². The van der Waals surface area contributed by atoms with Crippen LogP contribution in [0.4, 0.5) is 0 Å². The fraction of sp³-hybridized carbons (Fsp3) is 0.778. The molecule has 1 fully saturated rings. The maximum absolute atomic E-state index is 11.6. The number of hydrogen-bond donors (Lipinski definition) is 0. The van der Waals surface area contributed by atoms with Crippen LogP contribution in [0.5, 0.6) is 0 Å². The average Bonchev–Trinajstić information content (AvgIpc) is 1.98. The Morgan fingerprint density at radius 2 is 2.15 bits per heavy atom. The minimum Gasteiger partial charge on any atom is -0.290 e. The summed E-state index contributed by atoms with van der Waals surface area (Å²) in [5.41, 5.74) is 0. The van der Waals surface area contributed by atoms with Crippen molar-refractivity contribution in [3.63, 3.8) is 0 Å². The van der Waals surface area contributed by atoms with E-state index >= 15 is 0 Å². The van der Waals surface area contributed by atoms with Gasteiger partial charge in [-0.2, -0.15) is 0 Å². The van der Waals surface area contributed by atoms with E-state index < -0.39 is 14.6 Å². The first-order valence-corrected chi connectivity index (χ1v) is 5.92. The van der Waals surface area contributed by atoms with Gasteiger partial charge < -0.3 is 0 Å². The lowest BCUT2D eigenvalue weighted by Crippen LogP contribution is -2.52. The van der Waals surface area contributed by atoms with E-state index in [1.165, 1.54) is 0 Å². The number of hydrogen-bond acceptors (Lipinski definition) is 3. The molecule has 0 aliphatic carbocycles. The van der Waals surface area contributed by atoms with Gasteiger partial charge in [0.15, 0.2) is 9.84 Å². The Kier molecular flexibility index (Phi) is 2.69. The molecule has 1 heterocycles. The van der Waals surface area contributed by atoms with E-state index in [1.807, 2.05) is 4.90 Å². The second-order valence-corrected chi connectivity index (χ2v) is 6.74. The van der Waals surface area contributed by atoms with Crippen molar-refractivity contribution in [2.45, 2.75) is 18.6 Å². The van der Waals surface area contributed by atoms with Gasteiger partial charge in [0.2, 0.25) is 0 Å². The monoisotopic (exact) mass is 201 g/mol. The molecular weight excluding hydrogens is 186 g/mol. The topological polar surface area (TPSA) is 37.4 Å². The normalized spacial score (nSPS) is 26.5. The van der Waals surface area contributed by atoms with Gasteiger partial charge in [0.25, 0.3) is 0 Å². The Morgan fingerprint density at radius 1 is 1.54 bits per heavy atom. The predicted octanol–water partition coefficient (Wildman–Crippen LogP) is 0.129. The number of nitrogens with zero attached hydrogens (tertiary/aromatic N) is 1. The van der Waals surface area contributed by atoms with Crippen LogP contribution in [0, 0.1) is 12.3 Å². The quantitative estimate of drug-likeness (QED) is 0.566. The Morgan fingerprint density at radius 3 is 2.62 bits per heavy atom. The van der Waals surface area contributed by atoms with E-state index in [0.717, 1.165) is 0 Å². The lowest BCUT2D eigenvalue weighted by atomic mass is 10.2. The highest BCUT2D eigenvalue weighted by Crippen LogP contribution is 2.23. The fourth-order valence-corrected chi connectivity index (χ4v) is 2.94. The van der Waals surface area contributed by atoms with Crippen LogP contribution in [0.25, 0.3) is 0 Å². The minimum absolute atomic E-state index is 0.224. The highest BCUT2D eigenvalue weighted by atomic mass is 32.2. The minimum atomic E-state index is -2.92. The maximum Gasteiger partial charge on any atom is 0.157 e. The first-order chi connectivity index (χ1) is 5.89. The molecule has 1 saturated heterocycles. The summed E-state index contributed by atoms with van der Waals surface area (Å²) in [5.74, 6) is 2.76. The molecule has 0 aromatic carbocycles. The van der Waals surface area contributed by atoms with Crippen molar-refractivity contribution < 1.29 is 8.42 Å². The Balaban J connectivity index is 2.78. The molecule has 3 nitrogen and oxygen atoms in total. The van der Waals surface area contributed by atoms with Crippen molar-refractivity contribution in [3.8, 4) is 12.3 Å². The largest absolute Gasteiger partial charge is 0.290 e. The molecule has 0 N–H and O–H groups in total. The Labute approximate surface area is 80.0 Å². The summed E-state index contributed by atoms with van der Waals surface area (Å²) in [6.07, 6.45) is 5.17. The molecule has 0 bridgehead atoms. The summed E-state index contributed by atoms with van der Waals surface area (Å²) in [6.45, 7) is 5.16. The molecule has 0 atom stereocenters. The molecule has 1 aliphatic heterocycles. The predicted molar refractivity (Wildman–Crippen MR) is 53.1 cm³/mol. The van der Waals surface area contributed by atoms with E-state index in [-0.39, 0.29) is 5.75 Å². The highest BCUT2D eigenvalue weighted by Gasteiger charge is 2.39. The van der Waals surface area contributed by atoms with Gasteiger partial charge in [-0.1, -0.05) is 5.92 Å². The second-order valence-electron chi connectivity index (χ2n) is 3.99. The summed E-state index contributed by atoms with van der Waals surface area (Å²) in [4.78, 5) is 2.00. The van der Waals surface area contributed by atoms with E-state index in [2.05, 4.69) is 5.92 Å². The van der Waals surface area contributed by atoms with E-state index in [0.29, 0.717) is 19.6 Å². The fourth-order valence-electron chi connectivity index (χ4n) is 1.51. The lowest BCUT2D eigenvalue weighted by Gasteiger charge is -2.36. The van der Waals surface area contributed by atoms with Gasteiger partial charge in [-0.25, -0.2) is 8.42 Å². The molecule has 13 heavy (non-hydrogen) atoms. The van der Waals surface area contributed by atoms with Crippen molar-refractivity contribution >= 4 is 9.84 Å². The first-order valence-electron chi connectivity index (χ1n) is 4.27. The van der Waals surface area contributed by atoms with Crippen LogP contribution in [0.3, 0.4) is 0 Å². The smallest absolute Gasteiger partial charge is 0.157 e. The summed E-state index contributed by atoms with van der Waals surface area (Å²) in [6, 6.07) is 0. The number of sulfone groups is 1. The van der Waals surface area contributed by atoms with Crippen molar-refractivity contribution in [1.82, 2.24) is 4.90 Å². The van der Waals surface area contributed by atoms with Crippen LogP contribution in [0.1, 0.15) is 13.8 Å². The summed E-state index contributed by atoms with van der Waals surface area (Å²) < 4.78 is 22.5. The Bertz CT molecular complexity index is 324. The summed E-state index contributed by atoms with van der Waals surface area (Å²) in [7, 11) is -2.92. The Hall–Kier alpha value is -0.530. The SMILES string of the molecule is C#CCN1CCS(=O)(=O)C(C)(C)C1. The molecule has 0 amide bonds. The number of terminal acetylenes is 1. The third-order valence-electron chi connectivity index (χ3n) is 2.44. The maximum atomic E-state index is 11.6. The number of rotatable bonds is 1. The molecular formula is C9H15NO2S. The van der Waals surface area contributed by atoms with Gasteiger partial charge in [0.05, 0.1) is 17.0 Å². The van der Waals surface area contributed by atoms with E-state index in [9.17, 15) is 8.42 Å². The zero-order valence-electron chi connectivity index (χ0n) is 8.08. The zero-order valence-corrected chi connectivity index (χ0v) is 8.89. The molecule has 0 aromatic heterocycles. The molecule has 0 unspecified atom stereocenters. The summed E-state index contributed by atoms with van der Waals surface area (Å²) >= 11 is 0. The van der Waals surface area contributed by atoms with Crippen LogP contribution in [0.2, 0.25) is 0 Å². The van der Waals surface area contributed by atoms with Crippen LogP contribution >= 0.6 is 0 Å². The molecule has 74 valence electrons. The van der Waals surface area contributed by atoms with Crippen molar-refractivity contribution in [2.24, 2.45) is 0 Å². The van der Waals surface area contributed by atoms with Crippen LogP contribution in [-0.2, 0) is 9.84 Å². The van der Waals surface area contributed by atoms with E-state index in [4.69, 9.17) is 6.42 Å². The molecule has 4 heteroatoms. The molecule has 0 aromatic rings. The molecule has 0 saturated carbocycles. The lowest BCUT2D eigenvalue weighted by molar-refractivity contribution is 0.277. The van der Waals surface area contributed by atoms with Crippen molar-refractivity contribution in [2.75, 3.05) is 25.4 Å². The highest BCUT2D eigenvalue weighted by molar-refractivity contribution is 7.92. The van der Waals surface area contributed by atoms with Gasteiger partial charge in [-0.3, -0.25) is 4.90 Å². The third kappa shape index (κ3) is 2.04. The van der Waals surface area contributed by atoms with E-state index in [1.54, 1.807) is 13.8 Å². The van der Waals surface area contributed by atoms with Gasteiger partial charge >= 0.3 is 0 Å². The average molecular weight is 201 g/mol. The molecule has 1 aliphatic rings. The van der Waals surface area contributed by atoms with Crippen molar-refractivity contribution in [3.05, 3.63) is 0 Å². The van der Waals surface area contributed by atoms with Gasteiger partial charge in [0.1, 0.15) is 0 Å². The van der Waals surface area contributed by atoms with Gasteiger partial charge in [-0.05, 0) is 13.8 Å². The molecule has 1 rings (SSSR count). The standard InChI is InChI=1S/C9H15NO2S/c1-4-5-10-6-7-13(11,12)9(2,3)8-10/h1H,5-8H2,2-3H3. The third-order valence-corrected chi connectivity index (χ3v) is 4.97. The first kappa shape index (κ1) is 10.6. The summed E-state index contributed by atoms with van der Waals surface area (Å²) in [5, 5.41) is 0. The zero-order chi connectivity index (χ0) is 10.1. The second kappa shape index (κ2) is 3.32. The van der Waals surface area contributed by atoms with Gasteiger partial charge in [0, 0.05) is 13.1 Å². The van der Waals surface area contributed by atoms with Crippen LogP contribution in [0.15, 0.2) is 0 Å². The molecule has 0 radical (unpaired) electrons. The van der Waals surface area contributed by atoms with Crippen LogP contribution in [-0.4, -0.2) is 43.5 Å². The van der Waals surface area contributed by atoms with Gasteiger partial charge in [-0.15, -0.1) is 6.42 Å². The molecule has 0 spiro atoms.